The Kier molecular flexibility index (Phi) is 1.85. The fourth-order valence-corrected chi connectivity index (χ4v) is 1.38. The van der Waals surface area contributed by atoms with E-state index in [4.69, 9.17) is 2.74 Å². The maximum absolute atomic E-state index is 7.56. The Morgan fingerprint density at radius 3 is 1.57 bits per heavy atom. The lowest BCUT2D eigenvalue weighted by Gasteiger charge is -2.04. The molecule has 68 valence electrons. The predicted molar refractivity (Wildman–Crippen MR) is 61.0 cm³/mol. The van der Waals surface area contributed by atoms with Crippen LogP contribution in [-0.2, 0) is 0 Å². The molecular formula is C14H12. The van der Waals surface area contributed by atoms with Gasteiger partial charge in [-0.2, -0.15) is 0 Å². The third-order valence-electron chi connectivity index (χ3n) is 2.12. The van der Waals surface area contributed by atoms with Gasteiger partial charge in [-0.3, -0.25) is 0 Å². The largest absolute Gasteiger partial charge is 0.0906 e. The van der Waals surface area contributed by atoms with Crippen molar-refractivity contribution in [3.8, 4) is 0 Å². The van der Waals surface area contributed by atoms with E-state index in [1.165, 1.54) is 0 Å². The van der Waals surface area contributed by atoms with Gasteiger partial charge in [0.1, 0.15) is 0 Å². The molecule has 0 aliphatic heterocycles. The first-order chi connectivity index (χ1) is 7.79. The van der Waals surface area contributed by atoms with Crippen molar-refractivity contribution < 1.29 is 2.74 Å². The lowest BCUT2D eigenvalue weighted by atomic mass is 10.0. The van der Waals surface area contributed by atoms with Crippen molar-refractivity contribution >= 4 is 5.57 Å². The first-order valence-corrected chi connectivity index (χ1v) is 4.57. The molecule has 0 heterocycles. The summed E-state index contributed by atoms with van der Waals surface area (Å²) >= 11 is 0. The van der Waals surface area contributed by atoms with Crippen LogP contribution in [0.25, 0.3) is 5.57 Å². The Hall–Kier alpha value is -1.82. The topological polar surface area (TPSA) is 0 Å². The molecule has 0 unspecified atom stereocenters. The van der Waals surface area contributed by atoms with Crippen molar-refractivity contribution in [2.45, 2.75) is 0 Å². The number of hydrogen-bond acceptors (Lipinski definition) is 0. The van der Waals surface area contributed by atoms with Crippen LogP contribution in [0.5, 0.6) is 0 Å². The third-order valence-corrected chi connectivity index (χ3v) is 2.12. The van der Waals surface area contributed by atoms with E-state index in [-0.39, 0.29) is 6.53 Å². The van der Waals surface area contributed by atoms with Gasteiger partial charge in [0.2, 0.25) is 0 Å². The smallest absolute Gasteiger partial charge is 0.0544 e. The van der Waals surface area contributed by atoms with Crippen LogP contribution in [0.4, 0.5) is 0 Å². The summed E-state index contributed by atoms with van der Waals surface area (Å²) in [5, 5.41) is 0. The van der Waals surface area contributed by atoms with Crippen molar-refractivity contribution in [3.63, 3.8) is 0 Å². The van der Waals surface area contributed by atoms with Crippen molar-refractivity contribution in [1.82, 2.24) is 0 Å². The second kappa shape index (κ2) is 3.93. The minimum atomic E-state index is -0.155. The summed E-state index contributed by atoms with van der Waals surface area (Å²) in [5.74, 6) is 0. The standard InChI is InChI=1S/C14H12/c1-12(13-8-4-2-5-9-13)14-10-6-3-7-11-14/h2-11H,1H2/i1D2. The molecule has 2 rings (SSSR count). The quantitative estimate of drug-likeness (QED) is 0.663. The second-order valence-electron chi connectivity index (χ2n) is 3.11. The lowest BCUT2D eigenvalue weighted by molar-refractivity contribution is 1.56. The van der Waals surface area contributed by atoms with Gasteiger partial charge in [-0.05, 0) is 16.7 Å². The lowest BCUT2D eigenvalue weighted by Crippen LogP contribution is -1.84. The summed E-state index contributed by atoms with van der Waals surface area (Å²) in [4.78, 5) is 0. The van der Waals surface area contributed by atoms with Crippen LogP contribution >= 0.6 is 0 Å². The van der Waals surface area contributed by atoms with Gasteiger partial charge in [0.05, 0.1) is 2.74 Å². The van der Waals surface area contributed by atoms with Crippen molar-refractivity contribution in [2.75, 3.05) is 0 Å². The number of rotatable bonds is 2. The Morgan fingerprint density at radius 2 is 1.21 bits per heavy atom. The summed E-state index contributed by atoms with van der Waals surface area (Å²) in [6.45, 7) is -0.155. The molecule has 0 fully saturated rings. The highest BCUT2D eigenvalue weighted by Gasteiger charge is 1.99. The molecule has 0 nitrogen and oxygen atoms in total. The molecule has 0 aromatic heterocycles. The molecule has 0 spiro atoms. The minimum Gasteiger partial charge on any atom is -0.0906 e. The summed E-state index contributed by atoms with van der Waals surface area (Å²) in [7, 11) is 0. The average Bonchev–Trinajstić information content (AvgIpc) is 2.31. The van der Waals surface area contributed by atoms with E-state index in [9.17, 15) is 0 Å². The number of hydrogen-bond donors (Lipinski definition) is 0. The van der Waals surface area contributed by atoms with Crippen molar-refractivity contribution in [3.05, 3.63) is 78.3 Å². The van der Waals surface area contributed by atoms with E-state index in [1.807, 2.05) is 60.7 Å². The summed E-state index contributed by atoms with van der Waals surface area (Å²) in [5.41, 5.74) is 2.49. The molecule has 2 aromatic rings. The third kappa shape index (κ3) is 1.74. The van der Waals surface area contributed by atoms with E-state index in [0.29, 0.717) is 5.57 Å². The molecule has 0 bridgehead atoms. The SMILES string of the molecule is [2H]C([2H])=C(c1ccccc1)c1ccccc1. The van der Waals surface area contributed by atoms with Gasteiger partial charge in [-0.1, -0.05) is 67.2 Å². The van der Waals surface area contributed by atoms with E-state index in [0.717, 1.165) is 11.1 Å². The van der Waals surface area contributed by atoms with Crippen LogP contribution in [0.1, 0.15) is 13.9 Å². The van der Waals surface area contributed by atoms with Gasteiger partial charge in [0.25, 0.3) is 0 Å². The Labute approximate surface area is 87.3 Å². The maximum Gasteiger partial charge on any atom is 0.0544 e. The highest BCUT2D eigenvalue weighted by atomic mass is 14.0. The highest BCUT2D eigenvalue weighted by Crippen LogP contribution is 2.20. The highest BCUT2D eigenvalue weighted by molar-refractivity contribution is 5.77. The molecule has 0 N–H and O–H groups in total. The van der Waals surface area contributed by atoms with Crippen LogP contribution in [0.15, 0.2) is 67.2 Å². The van der Waals surface area contributed by atoms with Gasteiger partial charge in [-0.15, -0.1) is 0 Å². The van der Waals surface area contributed by atoms with E-state index in [1.54, 1.807) is 0 Å². The van der Waals surface area contributed by atoms with Gasteiger partial charge < -0.3 is 0 Å². The van der Waals surface area contributed by atoms with Gasteiger partial charge in [-0.25, -0.2) is 0 Å². The van der Waals surface area contributed by atoms with Crippen molar-refractivity contribution in [1.29, 1.82) is 0 Å². The second-order valence-corrected chi connectivity index (χ2v) is 3.11. The monoisotopic (exact) mass is 182 g/mol. The normalized spacial score (nSPS) is 11.4. The molecule has 0 atom stereocenters. The zero-order valence-electron chi connectivity index (χ0n) is 9.77. The summed E-state index contributed by atoms with van der Waals surface area (Å²) in [6, 6.07) is 19.2. The molecular weight excluding hydrogens is 168 g/mol. The molecule has 2 aromatic carbocycles. The van der Waals surface area contributed by atoms with Gasteiger partial charge in [0.15, 0.2) is 0 Å². The number of benzene rings is 2. The Balaban J connectivity index is 2.54. The predicted octanol–water partition coefficient (Wildman–Crippen LogP) is 3.75. The zero-order valence-corrected chi connectivity index (χ0v) is 7.77. The Bertz CT molecular complexity index is 441. The van der Waals surface area contributed by atoms with E-state index in [2.05, 4.69) is 0 Å². The van der Waals surface area contributed by atoms with Crippen LogP contribution < -0.4 is 0 Å². The summed E-state index contributed by atoms with van der Waals surface area (Å²) < 4.78 is 15.1. The minimum absolute atomic E-state index is 0.155. The fourth-order valence-electron chi connectivity index (χ4n) is 1.38. The molecule has 14 heavy (non-hydrogen) atoms. The molecule has 0 heteroatoms. The zero-order chi connectivity index (χ0) is 11.4. The molecule has 0 aliphatic rings. The van der Waals surface area contributed by atoms with E-state index < -0.39 is 0 Å². The van der Waals surface area contributed by atoms with Crippen LogP contribution in [0.2, 0.25) is 0 Å². The molecule has 0 aliphatic carbocycles. The molecule has 0 saturated carbocycles. The average molecular weight is 182 g/mol. The summed E-state index contributed by atoms with van der Waals surface area (Å²) in [6.07, 6.45) is 0. The van der Waals surface area contributed by atoms with Gasteiger partial charge in [0, 0.05) is 0 Å². The molecule has 0 amide bonds. The fraction of sp³-hybridized carbons (Fsp3) is 0. The van der Waals surface area contributed by atoms with Crippen LogP contribution in [0.3, 0.4) is 0 Å². The van der Waals surface area contributed by atoms with E-state index >= 15 is 0 Å². The van der Waals surface area contributed by atoms with Gasteiger partial charge >= 0.3 is 0 Å². The molecule has 0 radical (unpaired) electrons. The van der Waals surface area contributed by atoms with Crippen molar-refractivity contribution in [2.24, 2.45) is 0 Å². The van der Waals surface area contributed by atoms with Crippen LogP contribution in [-0.4, -0.2) is 0 Å². The van der Waals surface area contributed by atoms with Crippen LogP contribution in [0, 0.1) is 0 Å². The first kappa shape index (κ1) is 6.61. The molecule has 0 saturated heterocycles. The first-order valence-electron chi connectivity index (χ1n) is 5.57. The maximum atomic E-state index is 7.56. The Morgan fingerprint density at radius 1 is 0.786 bits per heavy atom.